The number of sulfonamides is 1. The topological polar surface area (TPSA) is 89.9 Å². The second kappa shape index (κ2) is 6.90. The predicted molar refractivity (Wildman–Crippen MR) is 81.7 cm³/mol. The number of hydrogen-bond donors (Lipinski definition) is 1. The van der Waals surface area contributed by atoms with Gasteiger partial charge in [-0.2, -0.15) is 18.4 Å². The average molecular weight is 321 g/mol. The van der Waals surface area contributed by atoms with Crippen molar-refractivity contribution in [1.82, 2.24) is 9.82 Å². The van der Waals surface area contributed by atoms with Gasteiger partial charge in [-0.1, -0.05) is 0 Å². The van der Waals surface area contributed by atoms with Crippen LogP contribution in [0.15, 0.2) is 52.7 Å². The van der Waals surface area contributed by atoms with E-state index in [9.17, 15) is 8.42 Å². The highest BCUT2D eigenvalue weighted by Crippen LogP contribution is 2.28. The van der Waals surface area contributed by atoms with Crippen molar-refractivity contribution in [2.45, 2.75) is 4.90 Å². The number of benzene rings is 1. The molecule has 1 aromatic carbocycles. The number of hydrogen-bond acceptors (Lipinski definition) is 6. The molecular weight excluding hydrogens is 306 g/mol. The van der Waals surface area contributed by atoms with Gasteiger partial charge in [-0.15, -0.1) is 0 Å². The van der Waals surface area contributed by atoms with Gasteiger partial charge in [0.25, 0.3) is 10.0 Å². The Kier molecular flexibility index (Phi) is 4.95. The molecule has 0 aliphatic rings. The molecule has 1 aromatic heterocycles. The highest BCUT2D eigenvalue weighted by atomic mass is 32.2. The molecule has 1 N–H and O–H groups in total. The highest BCUT2D eigenvalue weighted by Gasteiger charge is 2.19. The van der Waals surface area contributed by atoms with Crippen LogP contribution in [0.25, 0.3) is 0 Å². The Bertz CT molecular complexity index is 761. The minimum atomic E-state index is -3.84. The number of pyridine rings is 1. The van der Waals surface area contributed by atoms with Crippen molar-refractivity contribution in [2.75, 3.05) is 14.2 Å². The lowest BCUT2D eigenvalue weighted by atomic mass is 10.3. The lowest BCUT2D eigenvalue weighted by Crippen LogP contribution is -2.19. The van der Waals surface area contributed by atoms with Crippen LogP contribution in [0.1, 0.15) is 5.56 Å². The van der Waals surface area contributed by atoms with Gasteiger partial charge in [-0.25, -0.2) is 0 Å². The van der Waals surface area contributed by atoms with Crippen LogP contribution in [0, 0.1) is 0 Å². The quantitative estimate of drug-likeness (QED) is 0.642. The Balaban J connectivity index is 2.22. The molecule has 116 valence electrons. The van der Waals surface area contributed by atoms with Gasteiger partial charge < -0.3 is 9.47 Å². The Hall–Kier alpha value is -2.61. The first-order valence-electron chi connectivity index (χ1n) is 6.24. The van der Waals surface area contributed by atoms with Crippen LogP contribution >= 0.6 is 0 Å². The predicted octanol–water partition coefficient (Wildman–Crippen LogP) is 1.41. The molecular formula is C14H15N3O4S. The van der Waals surface area contributed by atoms with Gasteiger partial charge in [0.15, 0.2) is 0 Å². The van der Waals surface area contributed by atoms with Crippen molar-refractivity contribution in [3.05, 3.63) is 48.3 Å². The first-order chi connectivity index (χ1) is 10.6. The second-order valence-corrected chi connectivity index (χ2v) is 5.78. The number of nitrogens with zero attached hydrogens (tertiary/aromatic N) is 2. The van der Waals surface area contributed by atoms with Gasteiger partial charge >= 0.3 is 0 Å². The van der Waals surface area contributed by atoms with Gasteiger partial charge in [0.1, 0.15) is 16.4 Å². The molecule has 2 rings (SSSR count). The molecule has 0 saturated carbocycles. The zero-order chi connectivity index (χ0) is 16.0. The zero-order valence-corrected chi connectivity index (χ0v) is 12.9. The van der Waals surface area contributed by atoms with Crippen LogP contribution in [0.2, 0.25) is 0 Å². The molecule has 1 heterocycles. The summed E-state index contributed by atoms with van der Waals surface area (Å²) in [6.45, 7) is 0. The van der Waals surface area contributed by atoms with E-state index in [1.165, 1.54) is 38.6 Å². The third kappa shape index (κ3) is 3.73. The van der Waals surface area contributed by atoms with Crippen LogP contribution in [0.5, 0.6) is 11.5 Å². The molecule has 2 aromatic rings. The molecule has 0 saturated heterocycles. The summed E-state index contributed by atoms with van der Waals surface area (Å²) in [5.41, 5.74) is 0.722. The maximum atomic E-state index is 12.2. The van der Waals surface area contributed by atoms with Gasteiger partial charge in [0.05, 0.1) is 20.4 Å². The molecule has 0 fully saturated rings. The van der Waals surface area contributed by atoms with E-state index < -0.39 is 10.0 Å². The van der Waals surface area contributed by atoms with E-state index in [0.717, 1.165) is 5.56 Å². The van der Waals surface area contributed by atoms with Crippen molar-refractivity contribution in [3.63, 3.8) is 0 Å². The number of ether oxygens (including phenoxy) is 2. The van der Waals surface area contributed by atoms with Gasteiger partial charge in [-0.05, 0) is 29.8 Å². The van der Waals surface area contributed by atoms with Crippen LogP contribution in [0.4, 0.5) is 0 Å². The lowest BCUT2D eigenvalue weighted by molar-refractivity contribution is 0.386. The van der Waals surface area contributed by atoms with Gasteiger partial charge in [-0.3, -0.25) is 4.98 Å². The monoisotopic (exact) mass is 321 g/mol. The van der Waals surface area contributed by atoms with E-state index in [-0.39, 0.29) is 10.6 Å². The van der Waals surface area contributed by atoms with Gasteiger partial charge in [0, 0.05) is 18.5 Å². The normalized spacial score (nSPS) is 11.4. The fourth-order valence-electron chi connectivity index (χ4n) is 1.67. The Morgan fingerprint density at radius 3 is 2.50 bits per heavy atom. The number of methoxy groups -OCH3 is 2. The molecule has 8 heteroatoms. The number of aromatic nitrogens is 1. The van der Waals surface area contributed by atoms with E-state index in [0.29, 0.717) is 5.75 Å². The summed E-state index contributed by atoms with van der Waals surface area (Å²) in [6.07, 6.45) is 4.56. The first kappa shape index (κ1) is 15.8. The van der Waals surface area contributed by atoms with Gasteiger partial charge in [0.2, 0.25) is 0 Å². The molecule has 0 atom stereocenters. The highest BCUT2D eigenvalue weighted by molar-refractivity contribution is 7.89. The number of rotatable bonds is 6. The molecule has 0 bridgehead atoms. The van der Waals surface area contributed by atoms with Crippen LogP contribution in [0.3, 0.4) is 0 Å². The summed E-state index contributed by atoms with van der Waals surface area (Å²) in [4.78, 5) is 5.97. The number of nitrogens with one attached hydrogen (secondary N) is 1. The standard InChI is InChI=1S/C14H15N3O4S/c1-20-12-3-4-14(13(9-12)21-2)22(18,19)17-16-10-11-5-7-15-8-6-11/h3-10,17H,1-2H3/b16-10-. The summed E-state index contributed by atoms with van der Waals surface area (Å²) in [5.74, 6) is 0.669. The Morgan fingerprint density at radius 2 is 1.86 bits per heavy atom. The number of hydrazone groups is 1. The van der Waals surface area contributed by atoms with Crippen molar-refractivity contribution >= 4 is 16.2 Å². The molecule has 0 radical (unpaired) electrons. The average Bonchev–Trinajstić information content (AvgIpc) is 2.55. The summed E-state index contributed by atoms with van der Waals surface area (Å²) in [6, 6.07) is 7.81. The fraction of sp³-hybridized carbons (Fsp3) is 0.143. The third-order valence-corrected chi connectivity index (χ3v) is 4.01. The SMILES string of the molecule is COc1ccc(S(=O)(=O)N/N=C\c2ccncc2)c(OC)c1. The summed E-state index contributed by atoms with van der Waals surface area (Å²) in [7, 11) is -0.973. The Morgan fingerprint density at radius 1 is 1.14 bits per heavy atom. The molecule has 0 spiro atoms. The third-order valence-electron chi connectivity index (χ3n) is 2.75. The summed E-state index contributed by atoms with van der Waals surface area (Å²) in [5, 5.41) is 3.73. The maximum Gasteiger partial charge on any atom is 0.280 e. The molecule has 0 amide bonds. The van der Waals surface area contributed by atoms with Crippen LogP contribution in [-0.2, 0) is 10.0 Å². The van der Waals surface area contributed by atoms with E-state index in [2.05, 4.69) is 14.9 Å². The second-order valence-electron chi connectivity index (χ2n) is 4.15. The lowest BCUT2D eigenvalue weighted by Gasteiger charge is -2.10. The molecule has 22 heavy (non-hydrogen) atoms. The van der Waals surface area contributed by atoms with E-state index >= 15 is 0 Å². The largest absolute Gasteiger partial charge is 0.497 e. The summed E-state index contributed by atoms with van der Waals surface area (Å²) < 4.78 is 34.6. The van der Waals surface area contributed by atoms with E-state index in [1.807, 2.05) is 0 Å². The minimum absolute atomic E-state index is 0.0253. The van der Waals surface area contributed by atoms with Crippen LogP contribution < -0.4 is 14.3 Å². The molecule has 0 aliphatic carbocycles. The van der Waals surface area contributed by atoms with Crippen molar-refractivity contribution in [3.8, 4) is 11.5 Å². The molecule has 0 aliphatic heterocycles. The maximum absolute atomic E-state index is 12.2. The van der Waals surface area contributed by atoms with Crippen LogP contribution in [-0.4, -0.2) is 33.8 Å². The zero-order valence-electron chi connectivity index (χ0n) is 12.1. The fourth-order valence-corrected chi connectivity index (χ4v) is 2.61. The minimum Gasteiger partial charge on any atom is -0.497 e. The van der Waals surface area contributed by atoms with Crippen molar-refractivity contribution in [2.24, 2.45) is 5.10 Å². The first-order valence-corrected chi connectivity index (χ1v) is 7.72. The molecule has 7 nitrogen and oxygen atoms in total. The van der Waals surface area contributed by atoms with E-state index in [4.69, 9.17) is 9.47 Å². The molecule has 0 unspecified atom stereocenters. The summed E-state index contributed by atoms with van der Waals surface area (Å²) >= 11 is 0. The van der Waals surface area contributed by atoms with Crippen molar-refractivity contribution in [1.29, 1.82) is 0 Å². The Labute approximate surface area is 128 Å². The van der Waals surface area contributed by atoms with E-state index in [1.54, 1.807) is 24.5 Å². The van der Waals surface area contributed by atoms with Crippen molar-refractivity contribution < 1.29 is 17.9 Å². The smallest absolute Gasteiger partial charge is 0.280 e.